The van der Waals surface area contributed by atoms with Crippen molar-refractivity contribution in [2.24, 2.45) is 0 Å². The largest absolute Gasteiger partial charge is 0.493 e. The molecular formula is C14H13N3O3S. The first-order chi connectivity index (χ1) is 10.2. The lowest BCUT2D eigenvalue weighted by Crippen LogP contribution is -2.26. The lowest BCUT2D eigenvalue weighted by atomic mass is 10.1. The van der Waals surface area contributed by atoms with Crippen LogP contribution in [0.25, 0.3) is 21.3 Å². The smallest absolute Gasteiger partial charge is 0.281 e. The Kier molecular flexibility index (Phi) is 3.26. The van der Waals surface area contributed by atoms with Gasteiger partial charge in [-0.3, -0.25) is 4.79 Å². The van der Waals surface area contributed by atoms with Gasteiger partial charge in [0.2, 0.25) is 0 Å². The summed E-state index contributed by atoms with van der Waals surface area (Å²) in [6.45, 7) is 0. The van der Waals surface area contributed by atoms with Crippen molar-refractivity contribution in [3.05, 3.63) is 40.3 Å². The van der Waals surface area contributed by atoms with Crippen LogP contribution in [0, 0.1) is 0 Å². The van der Waals surface area contributed by atoms with Crippen LogP contribution in [-0.2, 0) is 0 Å². The molecule has 3 aromatic rings. The van der Waals surface area contributed by atoms with E-state index in [1.165, 1.54) is 17.7 Å². The van der Waals surface area contributed by atoms with Gasteiger partial charge in [0, 0.05) is 10.9 Å². The molecule has 2 heterocycles. The highest BCUT2D eigenvalue weighted by molar-refractivity contribution is 7.17. The summed E-state index contributed by atoms with van der Waals surface area (Å²) < 4.78 is 11.5. The van der Waals surface area contributed by atoms with Crippen LogP contribution < -0.4 is 20.9 Å². The van der Waals surface area contributed by atoms with Gasteiger partial charge in [-0.2, -0.15) is 0 Å². The van der Waals surface area contributed by atoms with E-state index in [0.717, 1.165) is 15.8 Å². The van der Waals surface area contributed by atoms with Gasteiger partial charge in [-0.05, 0) is 17.7 Å². The number of nitrogens with two attached hydrogens (primary N) is 1. The molecule has 6 nitrogen and oxygen atoms in total. The molecule has 0 aliphatic heterocycles. The summed E-state index contributed by atoms with van der Waals surface area (Å²) in [7, 11) is 3.15. The number of fused-ring (bicyclic) bond motifs is 1. The van der Waals surface area contributed by atoms with Gasteiger partial charge >= 0.3 is 0 Å². The van der Waals surface area contributed by atoms with Crippen molar-refractivity contribution in [2.75, 3.05) is 20.1 Å². The second-order valence-corrected chi connectivity index (χ2v) is 5.21. The van der Waals surface area contributed by atoms with Crippen molar-refractivity contribution >= 4 is 21.6 Å². The van der Waals surface area contributed by atoms with Crippen molar-refractivity contribution in [3.63, 3.8) is 0 Å². The lowest BCUT2D eigenvalue weighted by Gasteiger charge is -2.09. The van der Waals surface area contributed by atoms with Crippen LogP contribution >= 0.6 is 11.3 Å². The average Bonchev–Trinajstić information content (AvgIpc) is 2.95. The van der Waals surface area contributed by atoms with E-state index in [1.54, 1.807) is 20.3 Å². The molecule has 0 amide bonds. The summed E-state index contributed by atoms with van der Waals surface area (Å²) in [5.41, 5.74) is 1.36. The van der Waals surface area contributed by atoms with E-state index in [9.17, 15) is 4.79 Å². The molecular weight excluding hydrogens is 290 g/mol. The molecule has 0 saturated carbocycles. The molecule has 0 radical (unpaired) electrons. The van der Waals surface area contributed by atoms with Crippen LogP contribution in [0.15, 0.2) is 34.7 Å². The van der Waals surface area contributed by atoms with Crippen molar-refractivity contribution < 1.29 is 9.47 Å². The third-order valence-electron chi connectivity index (χ3n) is 3.21. The number of aromatic nitrogens is 2. The van der Waals surface area contributed by atoms with E-state index in [-0.39, 0.29) is 5.56 Å². The molecule has 1 aromatic carbocycles. The van der Waals surface area contributed by atoms with E-state index < -0.39 is 0 Å². The van der Waals surface area contributed by atoms with E-state index in [0.29, 0.717) is 21.7 Å². The Labute approximate surface area is 124 Å². The van der Waals surface area contributed by atoms with Crippen LogP contribution in [0.4, 0.5) is 0 Å². The molecule has 2 N–H and O–H groups in total. The Bertz CT molecular complexity index is 870. The predicted octanol–water partition coefficient (Wildman–Crippen LogP) is 1.86. The van der Waals surface area contributed by atoms with Gasteiger partial charge in [-0.25, -0.2) is 9.66 Å². The number of benzene rings is 1. The van der Waals surface area contributed by atoms with E-state index in [1.807, 2.05) is 17.5 Å². The molecule has 2 aromatic heterocycles. The molecule has 0 unspecified atom stereocenters. The molecule has 0 spiro atoms. The highest BCUT2D eigenvalue weighted by atomic mass is 32.1. The van der Waals surface area contributed by atoms with E-state index in [2.05, 4.69) is 4.98 Å². The normalized spacial score (nSPS) is 10.8. The van der Waals surface area contributed by atoms with Gasteiger partial charge in [0.25, 0.3) is 5.56 Å². The maximum atomic E-state index is 12.2. The predicted molar refractivity (Wildman–Crippen MR) is 82.6 cm³/mol. The number of rotatable bonds is 3. The molecule has 108 valence electrons. The Morgan fingerprint density at radius 1 is 1.24 bits per heavy atom. The Morgan fingerprint density at radius 3 is 2.71 bits per heavy atom. The Hall–Kier alpha value is -2.54. The minimum absolute atomic E-state index is 0.272. The summed E-state index contributed by atoms with van der Waals surface area (Å²) in [6.07, 6.45) is 1.32. The third-order valence-corrected chi connectivity index (χ3v) is 4.10. The van der Waals surface area contributed by atoms with Crippen molar-refractivity contribution in [1.29, 1.82) is 0 Å². The van der Waals surface area contributed by atoms with Crippen molar-refractivity contribution in [3.8, 4) is 22.6 Å². The highest BCUT2D eigenvalue weighted by Gasteiger charge is 2.14. The topological polar surface area (TPSA) is 79.4 Å². The third kappa shape index (κ3) is 2.11. The number of thiophene rings is 1. The van der Waals surface area contributed by atoms with Gasteiger partial charge in [-0.15, -0.1) is 11.3 Å². The van der Waals surface area contributed by atoms with Gasteiger partial charge in [-0.1, -0.05) is 6.07 Å². The fraction of sp³-hybridized carbons (Fsp3) is 0.143. The first-order valence-corrected chi connectivity index (χ1v) is 7.00. The summed E-state index contributed by atoms with van der Waals surface area (Å²) in [5.74, 6) is 6.83. The fourth-order valence-corrected chi connectivity index (χ4v) is 3.07. The first-order valence-electron chi connectivity index (χ1n) is 6.12. The lowest BCUT2D eigenvalue weighted by molar-refractivity contribution is 0.355. The van der Waals surface area contributed by atoms with Gasteiger partial charge in [0.1, 0.15) is 11.2 Å². The van der Waals surface area contributed by atoms with Crippen LogP contribution in [-0.4, -0.2) is 23.9 Å². The van der Waals surface area contributed by atoms with Crippen LogP contribution in [0.2, 0.25) is 0 Å². The zero-order valence-electron chi connectivity index (χ0n) is 11.5. The number of hydrogen-bond donors (Lipinski definition) is 1. The highest BCUT2D eigenvalue weighted by Crippen LogP contribution is 2.36. The van der Waals surface area contributed by atoms with Crippen molar-refractivity contribution in [1.82, 2.24) is 9.66 Å². The van der Waals surface area contributed by atoms with Crippen LogP contribution in [0.5, 0.6) is 11.5 Å². The molecule has 0 bridgehead atoms. The van der Waals surface area contributed by atoms with Crippen molar-refractivity contribution in [2.45, 2.75) is 0 Å². The quantitative estimate of drug-likeness (QED) is 0.747. The first kappa shape index (κ1) is 13.4. The molecule has 3 rings (SSSR count). The number of nitrogens with zero attached hydrogens (tertiary/aromatic N) is 2. The maximum absolute atomic E-state index is 12.2. The zero-order valence-corrected chi connectivity index (χ0v) is 12.3. The summed E-state index contributed by atoms with van der Waals surface area (Å²) in [5, 5.41) is 2.40. The molecule has 0 saturated heterocycles. The standard InChI is InChI=1S/C14H13N3O3S/c1-19-10-4-3-8(5-11(10)20-2)9-6-21-13-12(9)14(18)17(15)7-16-13/h3-7H,15H2,1-2H3. The molecule has 0 fully saturated rings. The molecule has 0 aliphatic rings. The molecule has 0 atom stereocenters. The summed E-state index contributed by atoms with van der Waals surface area (Å²) in [6, 6.07) is 5.50. The molecule has 7 heteroatoms. The van der Waals surface area contributed by atoms with Gasteiger partial charge in [0.15, 0.2) is 11.5 Å². The Balaban J connectivity index is 2.26. The Morgan fingerprint density at radius 2 is 2.00 bits per heavy atom. The number of methoxy groups -OCH3 is 2. The van der Waals surface area contributed by atoms with Crippen LogP contribution in [0.1, 0.15) is 0 Å². The monoisotopic (exact) mass is 303 g/mol. The summed E-state index contributed by atoms with van der Waals surface area (Å²) >= 11 is 1.40. The maximum Gasteiger partial charge on any atom is 0.281 e. The average molecular weight is 303 g/mol. The van der Waals surface area contributed by atoms with Gasteiger partial charge in [0.05, 0.1) is 19.6 Å². The second kappa shape index (κ2) is 5.10. The van der Waals surface area contributed by atoms with E-state index in [4.69, 9.17) is 15.3 Å². The fourth-order valence-electron chi connectivity index (χ4n) is 2.16. The minimum Gasteiger partial charge on any atom is -0.493 e. The number of hydrogen-bond acceptors (Lipinski definition) is 6. The zero-order chi connectivity index (χ0) is 15.0. The van der Waals surface area contributed by atoms with Gasteiger partial charge < -0.3 is 15.3 Å². The number of ether oxygens (including phenoxy) is 2. The van der Waals surface area contributed by atoms with E-state index >= 15 is 0 Å². The molecule has 0 aliphatic carbocycles. The minimum atomic E-state index is -0.272. The SMILES string of the molecule is COc1ccc(-c2csc3ncn(N)c(=O)c23)cc1OC. The summed E-state index contributed by atoms with van der Waals surface area (Å²) in [4.78, 5) is 17.0. The second-order valence-electron chi connectivity index (χ2n) is 4.36. The molecule has 21 heavy (non-hydrogen) atoms. The van der Waals surface area contributed by atoms with Crippen LogP contribution in [0.3, 0.4) is 0 Å². The number of nitrogen functional groups attached to an aromatic ring is 1.